The summed E-state index contributed by atoms with van der Waals surface area (Å²) < 4.78 is 26.3. The van der Waals surface area contributed by atoms with Gasteiger partial charge in [0, 0.05) is 0 Å². The van der Waals surface area contributed by atoms with E-state index in [1.54, 1.807) is 0 Å². The number of aromatic nitrogens is 2. The van der Waals surface area contributed by atoms with E-state index in [1.807, 2.05) is 0 Å². The third kappa shape index (κ3) is 2.65. The van der Waals surface area contributed by atoms with Gasteiger partial charge in [-0.25, -0.2) is 13.8 Å². The SMILES string of the molecule is O=c1[nH]cnc(Sc2cc(F)ccc2F)c1Cl. The molecule has 0 saturated heterocycles. The van der Waals surface area contributed by atoms with Crippen molar-refractivity contribution in [3.63, 3.8) is 0 Å². The Balaban J connectivity index is 2.41. The lowest BCUT2D eigenvalue weighted by molar-refractivity contribution is 0.577. The minimum absolute atomic E-state index is 0.0185. The van der Waals surface area contributed by atoms with Crippen LogP contribution in [0.3, 0.4) is 0 Å². The van der Waals surface area contributed by atoms with Gasteiger partial charge in [0.2, 0.25) is 0 Å². The Bertz CT molecular complexity index is 617. The summed E-state index contributed by atoms with van der Waals surface area (Å²) >= 11 is 6.48. The van der Waals surface area contributed by atoms with Crippen molar-refractivity contribution >= 4 is 23.4 Å². The van der Waals surface area contributed by atoms with Gasteiger partial charge in [-0.2, -0.15) is 0 Å². The van der Waals surface area contributed by atoms with Crippen LogP contribution >= 0.6 is 23.4 Å². The molecule has 2 aromatic rings. The third-order valence-corrected chi connectivity index (χ3v) is 3.36. The summed E-state index contributed by atoms with van der Waals surface area (Å²) in [6.45, 7) is 0. The number of hydrogen-bond donors (Lipinski definition) is 1. The Morgan fingerprint density at radius 2 is 2.12 bits per heavy atom. The third-order valence-electron chi connectivity index (χ3n) is 1.86. The number of nitrogens with one attached hydrogen (secondary N) is 1. The summed E-state index contributed by atoms with van der Waals surface area (Å²) in [6.07, 6.45) is 1.15. The lowest BCUT2D eigenvalue weighted by atomic mass is 10.3. The molecule has 0 aliphatic heterocycles. The molecule has 0 amide bonds. The normalized spacial score (nSPS) is 10.5. The maximum absolute atomic E-state index is 13.3. The summed E-state index contributed by atoms with van der Waals surface area (Å²) in [5.74, 6) is -1.18. The van der Waals surface area contributed by atoms with Crippen LogP contribution in [0.5, 0.6) is 0 Å². The molecule has 0 unspecified atom stereocenters. The second-order valence-electron chi connectivity index (χ2n) is 3.03. The zero-order chi connectivity index (χ0) is 12.4. The molecule has 0 fully saturated rings. The number of benzene rings is 1. The lowest BCUT2D eigenvalue weighted by Crippen LogP contribution is -2.07. The van der Waals surface area contributed by atoms with Gasteiger partial charge >= 0.3 is 0 Å². The molecule has 0 saturated carbocycles. The highest BCUT2D eigenvalue weighted by atomic mass is 35.5. The van der Waals surface area contributed by atoms with Gasteiger partial charge in [0.25, 0.3) is 5.56 Å². The number of aromatic amines is 1. The summed E-state index contributed by atoms with van der Waals surface area (Å²) in [7, 11) is 0. The maximum Gasteiger partial charge on any atom is 0.270 e. The number of halogens is 3. The van der Waals surface area contributed by atoms with Gasteiger partial charge in [-0.3, -0.25) is 4.79 Å². The molecule has 1 aromatic carbocycles. The predicted molar refractivity (Wildman–Crippen MR) is 60.3 cm³/mol. The molecule has 0 spiro atoms. The van der Waals surface area contributed by atoms with Crippen LogP contribution in [0.4, 0.5) is 8.78 Å². The van der Waals surface area contributed by atoms with Crippen LogP contribution in [0.15, 0.2) is 39.2 Å². The molecule has 0 bridgehead atoms. The Kier molecular flexibility index (Phi) is 3.44. The van der Waals surface area contributed by atoms with Crippen molar-refractivity contribution in [2.24, 2.45) is 0 Å². The van der Waals surface area contributed by atoms with Crippen LogP contribution in [0.1, 0.15) is 0 Å². The Morgan fingerprint density at radius 1 is 1.35 bits per heavy atom. The second kappa shape index (κ2) is 4.85. The molecule has 1 N–H and O–H groups in total. The van der Waals surface area contributed by atoms with Crippen molar-refractivity contribution in [3.8, 4) is 0 Å². The van der Waals surface area contributed by atoms with E-state index < -0.39 is 17.2 Å². The minimum Gasteiger partial charge on any atom is -0.312 e. The van der Waals surface area contributed by atoms with Crippen LogP contribution in [0.25, 0.3) is 0 Å². The molecule has 0 aliphatic carbocycles. The fourth-order valence-corrected chi connectivity index (χ4v) is 2.15. The van der Waals surface area contributed by atoms with Gasteiger partial charge in [0.15, 0.2) is 0 Å². The van der Waals surface area contributed by atoms with E-state index in [0.29, 0.717) is 0 Å². The molecule has 7 heteroatoms. The Hall–Kier alpha value is -1.40. The first-order valence-corrected chi connectivity index (χ1v) is 5.63. The molecule has 3 nitrogen and oxygen atoms in total. The number of nitrogens with zero attached hydrogens (tertiary/aromatic N) is 1. The number of H-pyrrole nitrogens is 1. The highest BCUT2D eigenvalue weighted by molar-refractivity contribution is 7.99. The van der Waals surface area contributed by atoms with Crippen molar-refractivity contribution < 1.29 is 8.78 Å². The largest absolute Gasteiger partial charge is 0.312 e. The molecule has 17 heavy (non-hydrogen) atoms. The van der Waals surface area contributed by atoms with Gasteiger partial charge in [-0.1, -0.05) is 23.4 Å². The van der Waals surface area contributed by atoms with Crippen molar-refractivity contribution in [2.75, 3.05) is 0 Å². The van der Waals surface area contributed by atoms with E-state index in [2.05, 4.69) is 9.97 Å². The Labute approximate surface area is 104 Å². The molecule has 0 radical (unpaired) electrons. The van der Waals surface area contributed by atoms with Crippen LogP contribution in [0, 0.1) is 11.6 Å². The average molecular weight is 275 g/mol. The minimum atomic E-state index is -0.602. The van der Waals surface area contributed by atoms with Gasteiger partial charge in [-0.15, -0.1) is 0 Å². The van der Waals surface area contributed by atoms with Crippen molar-refractivity contribution in [2.45, 2.75) is 9.92 Å². The van der Waals surface area contributed by atoms with E-state index in [4.69, 9.17) is 11.6 Å². The van der Waals surface area contributed by atoms with Crippen molar-refractivity contribution in [1.29, 1.82) is 0 Å². The summed E-state index contributed by atoms with van der Waals surface area (Å²) in [5, 5.41) is -0.0268. The van der Waals surface area contributed by atoms with Gasteiger partial charge < -0.3 is 4.98 Å². The van der Waals surface area contributed by atoms with Crippen molar-refractivity contribution in [3.05, 3.63) is 51.5 Å². The standard InChI is InChI=1S/C10H5ClF2N2OS/c11-8-9(16)14-4-15-10(8)17-7-3-5(12)1-2-6(7)13/h1-4H,(H,14,15,16). The topological polar surface area (TPSA) is 45.8 Å². The first-order valence-electron chi connectivity index (χ1n) is 4.44. The van der Waals surface area contributed by atoms with Gasteiger partial charge in [0.1, 0.15) is 21.7 Å². The lowest BCUT2D eigenvalue weighted by Gasteiger charge is -2.03. The molecule has 0 atom stereocenters. The van der Waals surface area contributed by atoms with E-state index in [9.17, 15) is 13.6 Å². The number of rotatable bonds is 2. The van der Waals surface area contributed by atoms with Crippen LogP contribution in [-0.4, -0.2) is 9.97 Å². The fourth-order valence-electron chi connectivity index (χ4n) is 1.10. The average Bonchev–Trinajstić information content (AvgIpc) is 2.30. The molecular weight excluding hydrogens is 270 g/mol. The quantitative estimate of drug-likeness (QED) is 0.857. The first kappa shape index (κ1) is 12.1. The maximum atomic E-state index is 13.3. The fraction of sp³-hybridized carbons (Fsp3) is 0. The zero-order valence-electron chi connectivity index (χ0n) is 8.21. The molecule has 0 aliphatic rings. The molecule has 88 valence electrons. The highest BCUT2D eigenvalue weighted by Gasteiger charge is 2.11. The van der Waals surface area contributed by atoms with Crippen LogP contribution < -0.4 is 5.56 Å². The van der Waals surface area contributed by atoms with E-state index in [1.165, 1.54) is 0 Å². The highest BCUT2D eigenvalue weighted by Crippen LogP contribution is 2.31. The van der Waals surface area contributed by atoms with Gasteiger partial charge in [-0.05, 0) is 18.2 Å². The Morgan fingerprint density at radius 3 is 2.88 bits per heavy atom. The molecule has 1 aromatic heterocycles. The van der Waals surface area contributed by atoms with Crippen LogP contribution in [0.2, 0.25) is 5.02 Å². The summed E-state index contributed by atoms with van der Waals surface area (Å²) in [5.41, 5.74) is -0.527. The second-order valence-corrected chi connectivity index (χ2v) is 4.44. The predicted octanol–water partition coefficient (Wildman–Crippen LogP) is 2.85. The van der Waals surface area contributed by atoms with E-state index >= 15 is 0 Å². The molecule has 1 heterocycles. The first-order chi connectivity index (χ1) is 8.08. The van der Waals surface area contributed by atoms with E-state index in [-0.39, 0.29) is 14.9 Å². The molecular formula is C10H5ClF2N2OS. The van der Waals surface area contributed by atoms with Gasteiger partial charge in [0.05, 0.1) is 11.2 Å². The summed E-state index contributed by atoms with van der Waals surface area (Å²) in [4.78, 5) is 17.3. The molecule has 2 rings (SSSR count). The number of hydrogen-bond acceptors (Lipinski definition) is 3. The monoisotopic (exact) mass is 274 g/mol. The van der Waals surface area contributed by atoms with Crippen LogP contribution in [-0.2, 0) is 0 Å². The zero-order valence-corrected chi connectivity index (χ0v) is 9.78. The summed E-state index contributed by atoms with van der Waals surface area (Å²) in [6, 6.07) is 3.02. The van der Waals surface area contributed by atoms with E-state index in [0.717, 1.165) is 36.3 Å². The smallest absolute Gasteiger partial charge is 0.270 e. The van der Waals surface area contributed by atoms with Crippen molar-refractivity contribution in [1.82, 2.24) is 9.97 Å².